The van der Waals surface area contributed by atoms with E-state index in [9.17, 15) is 9.59 Å². The van der Waals surface area contributed by atoms with Gasteiger partial charge in [-0.2, -0.15) is 0 Å². The molecule has 1 rings (SSSR count). The fraction of sp³-hybridized carbons (Fsp3) is 0.429. The van der Waals surface area contributed by atoms with Gasteiger partial charge in [0.05, 0.1) is 12.7 Å². The standard InChI is InChI=1S/C14H18O3/c1-10(2)12(15)8-9-13(16)11-6-4-5-7-14(11)17-3/h4-7,10H,8-9H2,1-3H3. The molecule has 0 aliphatic rings. The minimum absolute atomic E-state index is 0.0135. The molecule has 3 nitrogen and oxygen atoms in total. The highest BCUT2D eigenvalue weighted by Crippen LogP contribution is 2.19. The molecule has 0 radical (unpaired) electrons. The highest BCUT2D eigenvalue weighted by Gasteiger charge is 2.14. The Kier molecular flexibility index (Phi) is 4.88. The molecule has 0 N–H and O–H groups in total. The van der Waals surface area contributed by atoms with Crippen LogP contribution in [0.5, 0.6) is 5.75 Å². The number of ketones is 2. The molecule has 0 aliphatic heterocycles. The van der Waals surface area contributed by atoms with E-state index in [0.717, 1.165) is 0 Å². The van der Waals surface area contributed by atoms with Gasteiger partial charge < -0.3 is 4.74 Å². The topological polar surface area (TPSA) is 43.4 Å². The second-order valence-electron chi connectivity index (χ2n) is 4.24. The van der Waals surface area contributed by atoms with E-state index in [0.29, 0.717) is 17.7 Å². The zero-order valence-electron chi connectivity index (χ0n) is 10.5. The van der Waals surface area contributed by atoms with Gasteiger partial charge >= 0.3 is 0 Å². The zero-order chi connectivity index (χ0) is 12.8. The van der Waals surface area contributed by atoms with Gasteiger partial charge in [0.25, 0.3) is 0 Å². The molecule has 17 heavy (non-hydrogen) atoms. The second kappa shape index (κ2) is 6.18. The van der Waals surface area contributed by atoms with Gasteiger partial charge in [-0.05, 0) is 12.1 Å². The lowest BCUT2D eigenvalue weighted by molar-refractivity contribution is -0.121. The van der Waals surface area contributed by atoms with Crippen molar-refractivity contribution in [3.05, 3.63) is 29.8 Å². The molecule has 0 aliphatic carbocycles. The smallest absolute Gasteiger partial charge is 0.167 e. The molecule has 0 atom stereocenters. The van der Waals surface area contributed by atoms with E-state index in [1.165, 1.54) is 7.11 Å². The van der Waals surface area contributed by atoms with Crippen molar-refractivity contribution in [1.82, 2.24) is 0 Å². The van der Waals surface area contributed by atoms with Crippen molar-refractivity contribution in [3.63, 3.8) is 0 Å². The van der Waals surface area contributed by atoms with Gasteiger partial charge in [0.1, 0.15) is 11.5 Å². The number of para-hydroxylation sites is 1. The van der Waals surface area contributed by atoms with Crippen LogP contribution < -0.4 is 4.74 Å². The molecule has 0 unspecified atom stereocenters. The molecule has 3 heteroatoms. The Morgan fingerprint density at radius 2 is 1.82 bits per heavy atom. The summed E-state index contributed by atoms with van der Waals surface area (Å²) in [6.45, 7) is 3.69. The average Bonchev–Trinajstić information content (AvgIpc) is 2.35. The molecule has 0 saturated heterocycles. The Hall–Kier alpha value is -1.64. The predicted molar refractivity (Wildman–Crippen MR) is 66.4 cm³/mol. The minimum atomic E-state index is -0.0450. The van der Waals surface area contributed by atoms with Crippen molar-refractivity contribution in [2.75, 3.05) is 7.11 Å². The second-order valence-corrected chi connectivity index (χ2v) is 4.24. The lowest BCUT2D eigenvalue weighted by atomic mass is 10.00. The Morgan fingerprint density at radius 1 is 1.18 bits per heavy atom. The van der Waals surface area contributed by atoms with E-state index in [1.807, 2.05) is 19.9 Å². The highest BCUT2D eigenvalue weighted by molar-refractivity contribution is 6.00. The largest absolute Gasteiger partial charge is 0.496 e. The number of benzene rings is 1. The van der Waals surface area contributed by atoms with Gasteiger partial charge in [0.15, 0.2) is 5.78 Å². The lowest BCUT2D eigenvalue weighted by Gasteiger charge is -2.07. The first-order valence-electron chi connectivity index (χ1n) is 5.75. The molecule has 1 aromatic carbocycles. The quantitative estimate of drug-likeness (QED) is 0.711. The van der Waals surface area contributed by atoms with E-state index < -0.39 is 0 Å². The molecule has 0 spiro atoms. The summed E-state index contributed by atoms with van der Waals surface area (Å²) in [7, 11) is 1.53. The zero-order valence-corrected chi connectivity index (χ0v) is 10.5. The van der Waals surface area contributed by atoms with Crippen LogP contribution in [0.2, 0.25) is 0 Å². The van der Waals surface area contributed by atoms with Gasteiger partial charge in [0.2, 0.25) is 0 Å². The Balaban J connectivity index is 2.67. The van der Waals surface area contributed by atoms with E-state index in [4.69, 9.17) is 4.74 Å². The average molecular weight is 234 g/mol. The normalized spacial score (nSPS) is 10.4. The summed E-state index contributed by atoms with van der Waals surface area (Å²) in [5.74, 6) is 0.625. The summed E-state index contributed by atoms with van der Waals surface area (Å²) >= 11 is 0. The van der Waals surface area contributed by atoms with Gasteiger partial charge in [-0.15, -0.1) is 0 Å². The number of carbonyl (C=O) groups excluding carboxylic acids is 2. The first-order chi connectivity index (χ1) is 8.06. The Labute approximate surface area is 102 Å². The van der Waals surface area contributed by atoms with Crippen molar-refractivity contribution >= 4 is 11.6 Å². The van der Waals surface area contributed by atoms with Crippen molar-refractivity contribution in [1.29, 1.82) is 0 Å². The van der Waals surface area contributed by atoms with Gasteiger partial charge in [-0.3, -0.25) is 9.59 Å². The first-order valence-corrected chi connectivity index (χ1v) is 5.75. The van der Waals surface area contributed by atoms with E-state index in [-0.39, 0.29) is 23.9 Å². The maximum atomic E-state index is 11.9. The number of Topliss-reactive ketones (excluding diaryl/α,β-unsaturated/α-hetero) is 2. The summed E-state index contributed by atoms with van der Waals surface area (Å²) in [5.41, 5.74) is 0.548. The van der Waals surface area contributed by atoms with Crippen molar-refractivity contribution < 1.29 is 14.3 Å². The van der Waals surface area contributed by atoms with Crippen LogP contribution in [0.3, 0.4) is 0 Å². The van der Waals surface area contributed by atoms with Crippen LogP contribution >= 0.6 is 0 Å². The molecular weight excluding hydrogens is 216 g/mol. The molecule has 0 amide bonds. The number of hydrogen-bond acceptors (Lipinski definition) is 3. The molecule has 0 saturated carbocycles. The maximum absolute atomic E-state index is 11.9. The number of methoxy groups -OCH3 is 1. The Morgan fingerprint density at radius 3 is 2.41 bits per heavy atom. The van der Waals surface area contributed by atoms with Crippen LogP contribution in [-0.2, 0) is 4.79 Å². The van der Waals surface area contributed by atoms with E-state index in [1.54, 1.807) is 18.2 Å². The first kappa shape index (κ1) is 13.4. The monoisotopic (exact) mass is 234 g/mol. The third-order valence-corrected chi connectivity index (χ3v) is 2.65. The van der Waals surface area contributed by atoms with Gasteiger partial charge in [-0.25, -0.2) is 0 Å². The van der Waals surface area contributed by atoms with Crippen molar-refractivity contribution in [2.24, 2.45) is 5.92 Å². The third-order valence-electron chi connectivity index (χ3n) is 2.65. The number of ether oxygens (including phenoxy) is 1. The number of rotatable bonds is 6. The molecule has 0 fully saturated rings. The number of hydrogen-bond donors (Lipinski definition) is 0. The lowest BCUT2D eigenvalue weighted by Crippen LogP contribution is -2.10. The number of carbonyl (C=O) groups is 2. The molecular formula is C14H18O3. The van der Waals surface area contributed by atoms with Crippen LogP contribution in [0.15, 0.2) is 24.3 Å². The van der Waals surface area contributed by atoms with E-state index >= 15 is 0 Å². The fourth-order valence-electron chi connectivity index (χ4n) is 1.54. The summed E-state index contributed by atoms with van der Waals surface area (Å²) in [6.07, 6.45) is 0.548. The SMILES string of the molecule is COc1ccccc1C(=O)CCC(=O)C(C)C. The molecule has 92 valence electrons. The van der Waals surface area contributed by atoms with Gasteiger partial charge in [0, 0.05) is 18.8 Å². The molecule has 1 aromatic rings. The van der Waals surface area contributed by atoms with Crippen molar-refractivity contribution in [3.8, 4) is 5.75 Å². The summed E-state index contributed by atoms with van der Waals surface area (Å²) < 4.78 is 5.11. The molecule has 0 aromatic heterocycles. The Bertz CT molecular complexity index is 408. The summed E-state index contributed by atoms with van der Waals surface area (Å²) in [4.78, 5) is 23.4. The molecule has 0 heterocycles. The van der Waals surface area contributed by atoms with Crippen LogP contribution in [-0.4, -0.2) is 18.7 Å². The van der Waals surface area contributed by atoms with Crippen LogP contribution in [0.25, 0.3) is 0 Å². The fourth-order valence-corrected chi connectivity index (χ4v) is 1.54. The van der Waals surface area contributed by atoms with Crippen LogP contribution in [0.1, 0.15) is 37.0 Å². The van der Waals surface area contributed by atoms with Crippen LogP contribution in [0, 0.1) is 5.92 Å². The van der Waals surface area contributed by atoms with Crippen molar-refractivity contribution in [2.45, 2.75) is 26.7 Å². The highest BCUT2D eigenvalue weighted by atomic mass is 16.5. The third kappa shape index (κ3) is 3.70. The maximum Gasteiger partial charge on any atom is 0.167 e. The summed E-state index contributed by atoms with van der Waals surface area (Å²) in [5, 5.41) is 0. The van der Waals surface area contributed by atoms with Gasteiger partial charge in [-0.1, -0.05) is 26.0 Å². The van der Waals surface area contributed by atoms with Crippen LogP contribution in [0.4, 0.5) is 0 Å². The summed E-state index contributed by atoms with van der Waals surface area (Å²) in [6, 6.07) is 7.08. The van der Waals surface area contributed by atoms with E-state index in [2.05, 4.69) is 0 Å². The minimum Gasteiger partial charge on any atom is -0.496 e. The predicted octanol–water partition coefficient (Wildman–Crippen LogP) is 2.88. The molecule has 0 bridgehead atoms.